The maximum absolute atomic E-state index is 12.8. The van der Waals surface area contributed by atoms with Gasteiger partial charge in [0.2, 0.25) is 11.8 Å². The van der Waals surface area contributed by atoms with E-state index in [9.17, 15) is 4.79 Å². The number of methoxy groups -OCH3 is 2. The molecule has 0 saturated heterocycles. The Bertz CT molecular complexity index is 1040. The molecule has 7 nitrogen and oxygen atoms in total. The predicted octanol–water partition coefficient (Wildman–Crippen LogP) is 3.20. The van der Waals surface area contributed by atoms with E-state index >= 15 is 0 Å². The van der Waals surface area contributed by atoms with Gasteiger partial charge in [0, 0.05) is 25.4 Å². The van der Waals surface area contributed by atoms with Crippen LogP contribution in [0, 0.1) is 0 Å². The first kappa shape index (κ1) is 20.7. The molecule has 160 valence electrons. The Hall–Kier alpha value is -3.61. The van der Waals surface area contributed by atoms with Gasteiger partial charge in [0.15, 0.2) is 0 Å². The van der Waals surface area contributed by atoms with Crippen molar-refractivity contribution in [2.24, 2.45) is 0 Å². The second-order valence-electron chi connectivity index (χ2n) is 7.36. The molecule has 0 radical (unpaired) electrons. The summed E-state index contributed by atoms with van der Waals surface area (Å²) in [6, 6.07) is 13.5. The van der Waals surface area contributed by atoms with Gasteiger partial charge in [-0.3, -0.25) is 9.78 Å². The van der Waals surface area contributed by atoms with Gasteiger partial charge in [-0.1, -0.05) is 12.1 Å². The molecule has 0 aliphatic carbocycles. The second kappa shape index (κ2) is 9.47. The van der Waals surface area contributed by atoms with Gasteiger partial charge >= 0.3 is 0 Å². The number of carbonyl (C=O) groups is 1. The Labute approximate surface area is 181 Å². The van der Waals surface area contributed by atoms with E-state index in [1.807, 2.05) is 35.2 Å². The topological polar surface area (TPSA) is 73.8 Å². The van der Waals surface area contributed by atoms with Crippen molar-refractivity contribution >= 4 is 5.91 Å². The molecule has 0 atom stereocenters. The first-order valence-corrected chi connectivity index (χ1v) is 10.1. The van der Waals surface area contributed by atoms with E-state index in [1.54, 1.807) is 32.7 Å². The summed E-state index contributed by atoms with van der Waals surface area (Å²) < 4.78 is 16.1. The van der Waals surface area contributed by atoms with Gasteiger partial charge < -0.3 is 19.1 Å². The Morgan fingerprint density at radius 2 is 1.84 bits per heavy atom. The highest BCUT2D eigenvalue weighted by molar-refractivity contribution is 5.79. The molecule has 1 aromatic carbocycles. The van der Waals surface area contributed by atoms with Crippen molar-refractivity contribution in [3.63, 3.8) is 0 Å². The van der Waals surface area contributed by atoms with Crippen molar-refractivity contribution in [1.82, 2.24) is 14.9 Å². The lowest BCUT2D eigenvalue weighted by Gasteiger charge is -2.29. The summed E-state index contributed by atoms with van der Waals surface area (Å²) in [4.78, 5) is 23.2. The molecular formula is C24H25N3O4. The van der Waals surface area contributed by atoms with Gasteiger partial charge in [0.1, 0.15) is 18.1 Å². The fraction of sp³-hybridized carbons (Fsp3) is 0.292. The molecule has 3 aromatic rings. The fourth-order valence-corrected chi connectivity index (χ4v) is 3.53. The zero-order chi connectivity index (χ0) is 21.6. The highest BCUT2D eigenvalue weighted by Gasteiger charge is 2.21. The van der Waals surface area contributed by atoms with Crippen molar-refractivity contribution in [3.05, 3.63) is 77.2 Å². The number of pyridine rings is 2. The van der Waals surface area contributed by atoms with Crippen LogP contribution in [0.1, 0.15) is 22.4 Å². The summed E-state index contributed by atoms with van der Waals surface area (Å²) in [6.45, 7) is 1.66. The van der Waals surface area contributed by atoms with E-state index < -0.39 is 0 Å². The van der Waals surface area contributed by atoms with Gasteiger partial charge in [-0.2, -0.15) is 0 Å². The van der Waals surface area contributed by atoms with Crippen LogP contribution in [0.25, 0.3) is 0 Å². The summed E-state index contributed by atoms with van der Waals surface area (Å²) in [7, 11) is 3.19. The largest absolute Gasteiger partial charge is 0.495 e. The third-order valence-electron chi connectivity index (χ3n) is 5.32. The molecule has 0 bridgehead atoms. The number of carbonyl (C=O) groups excluding carboxylic acids is 1. The zero-order valence-electron chi connectivity index (χ0n) is 17.7. The molecule has 1 amide bonds. The van der Waals surface area contributed by atoms with Crippen LogP contribution >= 0.6 is 0 Å². The quantitative estimate of drug-likeness (QED) is 0.586. The Balaban J connectivity index is 1.37. The molecule has 0 saturated carbocycles. The van der Waals surface area contributed by atoms with E-state index in [1.165, 1.54) is 5.56 Å². The Morgan fingerprint density at radius 3 is 2.55 bits per heavy atom. The van der Waals surface area contributed by atoms with Crippen molar-refractivity contribution < 1.29 is 19.0 Å². The van der Waals surface area contributed by atoms with E-state index in [4.69, 9.17) is 14.2 Å². The minimum absolute atomic E-state index is 0.0892. The molecule has 4 rings (SSSR count). The third kappa shape index (κ3) is 5.12. The second-order valence-corrected chi connectivity index (χ2v) is 7.36. The van der Waals surface area contributed by atoms with Gasteiger partial charge in [-0.25, -0.2) is 4.98 Å². The third-order valence-corrected chi connectivity index (χ3v) is 5.32. The molecule has 0 spiro atoms. The molecule has 0 unspecified atom stereocenters. The monoisotopic (exact) mass is 419 g/mol. The molecule has 0 N–H and O–H groups in total. The van der Waals surface area contributed by atoms with E-state index in [0.717, 1.165) is 29.0 Å². The number of rotatable bonds is 7. The van der Waals surface area contributed by atoms with Gasteiger partial charge in [0.05, 0.1) is 32.5 Å². The summed E-state index contributed by atoms with van der Waals surface area (Å²) in [6.07, 6.45) is 4.52. The molecule has 7 heteroatoms. The lowest BCUT2D eigenvalue weighted by molar-refractivity contribution is -0.131. The summed E-state index contributed by atoms with van der Waals surface area (Å²) in [5.74, 6) is 2.12. The Kier molecular flexibility index (Phi) is 6.31. The molecule has 1 aliphatic rings. The molecule has 3 heterocycles. The average molecular weight is 419 g/mol. The minimum atomic E-state index is 0.0892. The fourth-order valence-electron chi connectivity index (χ4n) is 3.53. The van der Waals surface area contributed by atoms with E-state index in [-0.39, 0.29) is 5.91 Å². The summed E-state index contributed by atoms with van der Waals surface area (Å²) in [5.41, 5.74) is 4.07. The standard InChI is InChI=1S/C24H25N3O4/c1-29-22-7-5-20(25-14-22)16-31-21-6-4-18-9-10-27(15-19(18)12-21)24(28)11-17-3-8-23(30-2)26-13-17/h3-8,12-14H,9-11,15-16H2,1-2H3. The smallest absolute Gasteiger partial charge is 0.227 e. The van der Waals surface area contributed by atoms with Crippen LogP contribution in [0.15, 0.2) is 54.9 Å². The van der Waals surface area contributed by atoms with Gasteiger partial charge in [0.25, 0.3) is 0 Å². The predicted molar refractivity (Wildman–Crippen MR) is 115 cm³/mol. The van der Waals surface area contributed by atoms with Crippen LogP contribution in [-0.4, -0.2) is 41.5 Å². The number of fused-ring (bicyclic) bond motifs is 1. The number of ether oxygens (including phenoxy) is 3. The molecule has 31 heavy (non-hydrogen) atoms. The zero-order valence-corrected chi connectivity index (χ0v) is 17.7. The van der Waals surface area contributed by atoms with E-state index in [2.05, 4.69) is 16.0 Å². The van der Waals surface area contributed by atoms with Crippen LogP contribution in [0.3, 0.4) is 0 Å². The first-order chi connectivity index (χ1) is 15.1. The summed E-state index contributed by atoms with van der Waals surface area (Å²) in [5, 5.41) is 0. The van der Waals surface area contributed by atoms with Crippen molar-refractivity contribution in [3.8, 4) is 17.4 Å². The van der Waals surface area contributed by atoms with Crippen LogP contribution < -0.4 is 14.2 Å². The molecular weight excluding hydrogens is 394 g/mol. The number of hydrogen-bond acceptors (Lipinski definition) is 6. The Morgan fingerprint density at radius 1 is 0.968 bits per heavy atom. The maximum Gasteiger partial charge on any atom is 0.227 e. The normalized spacial score (nSPS) is 12.8. The number of amides is 1. The lowest BCUT2D eigenvalue weighted by atomic mass is 9.99. The minimum Gasteiger partial charge on any atom is -0.495 e. The maximum atomic E-state index is 12.8. The first-order valence-electron chi connectivity index (χ1n) is 10.1. The van der Waals surface area contributed by atoms with Gasteiger partial charge in [-0.05, 0) is 47.4 Å². The highest BCUT2D eigenvalue weighted by atomic mass is 16.5. The van der Waals surface area contributed by atoms with Crippen LogP contribution in [0.4, 0.5) is 0 Å². The number of nitrogens with zero attached hydrogens (tertiary/aromatic N) is 3. The highest BCUT2D eigenvalue weighted by Crippen LogP contribution is 2.25. The van der Waals surface area contributed by atoms with Crippen LogP contribution in [0.2, 0.25) is 0 Å². The van der Waals surface area contributed by atoms with E-state index in [0.29, 0.717) is 37.7 Å². The van der Waals surface area contributed by atoms with Crippen LogP contribution in [0.5, 0.6) is 17.4 Å². The summed E-state index contributed by atoms with van der Waals surface area (Å²) >= 11 is 0. The van der Waals surface area contributed by atoms with Crippen LogP contribution in [-0.2, 0) is 30.8 Å². The molecule has 0 fully saturated rings. The van der Waals surface area contributed by atoms with Crippen molar-refractivity contribution in [2.75, 3.05) is 20.8 Å². The lowest BCUT2D eigenvalue weighted by Crippen LogP contribution is -2.36. The SMILES string of the molecule is COc1ccc(COc2ccc3c(c2)CN(C(=O)Cc2ccc(OC)nc2)CC3)nc1. The molecule has 2 aromatic heterocycles. The number of benzene rings is 1. The van der Waals surface area contributed by atoms with Gasteiger partial charge in [-0.15, -0.1) is 0 Å². The van der Waals surface area contributed by atoms with Crippen molar-refractivity contribution in [1.29, 1.82) is 0 Å². The van der Waals surface area contributed by atoms with Crippen molar-refractivity contribution in [2.45, 2.75) is 26.0 Å². The number of aromatic nitrogens is 2. The average Bonchev–Trinajstić information content (AvgIpc) is 2.83. The molecule has 1 aliphatic heterocycles. The number of hydrogen-bond donors (Lipinski definition) is 0.